The first kappa shape index (κ1) is 8.17. The zero-order valence-electron chi connectivity index (χ0n) is 7.21. The minimum absolute atomic E-state index is 0.645. The first-order valence-electron chi connectivity index (χ1n) is 4.39. The molecule has 0 aromatic carbocycles. The van der Waals surface area contributed by atoms with Crippen LogP contribution < -0.4 is 0 Å². The van der Waals surface area contributed by atoms with E-state index < -0.39 is 0 Å². The van der Waals surface area contributed by atoms with E-state index in [4.69, 9.17) is 4.52 Å². The average Bonchev–Trinajstić information content (AvgIpc) is 2.30. The third-order valence-corrected chi connectivity index (χ3v) is 2.98. The van der Waals surface area contributed by atoms with Crippen LogP contribution in [0.15, 0.2) is 4.52 Å². The summed E-state index contributed by atoms with van der Waals surface area (Å²) >= 11 is 4.19. The minimum Gasteiger partial charge on any atom is -0.361 e. The predicted molar refractivity (Wildman–Crippen MR) is 50.5 cm³/mol. The second-order valence-electron chi connectivity index (χ2n) is 3.40. The van der Waals surface area contributed by atoms with Crippen molar-refractivity contribution in [3.8, 4) is 0 Å². The predicted octanol–water partition coefficient (Wildman–Crippen LogP) is 2.68. The molecule has 1 heterocycles. The Labute approximate surface area is 77.7 Å². The van der Waals surface area contributed by atoms with E-state index in [1.807, 2.05) is 0 Å². The van der Waals surface area contributed by atoms with Crippen LogP contribution in [0.25, 0.3) is 0 Å². The number of rotatable bonds is 2. The molecule has 0 bridgehead atoms. The SMILES string of the molecule is Cc1c(CS)noc1C1CCC1. The van der Waals surface area contributed by atoms with Gasteiger partial charge in [-0.2, -0.15) is 12.6 Å². The Bertz CT molecular complexity index is 278. The molecule has 0 amide bonds. The van der Waals surface area contributed by atoms with Crippen molar-refractivity contribution < 1.29 is 4.52 Å². The minimum atomic E-state index is 0.645. The van der Waals surface area contributed by atoms with Gasteiger partial charge in [-0.25, -0.2) is 0 Å². The molecule has 0 saturated heterocycles. The largest absolute Gasteiger partial charge is 0.361 e. The van der Waals surface area contributed by atoms with Crippen LogP contribution in [0, 0.1) is 6.92 Å². The first-order chi connectivity index (χ1) is 5.83. The Morgan fingerprint density at radius 2 is 2.33 bits per heavy atom. The van der Waals surface area contributed by atoms with Gasteiger partial charge in [0, 0.05) is 17.2 Å². The Morgan fingerprint density at radius 3 is 2.75 bits per heavy atom. The van der Waals surface area contributed by atoms with E-state index in [1.54, 1.807) is 0 Å². The van der Waals surface area contributed by atoms with Crippen LogP contribution in [-0.2, 0) is 5.75 Å². The lowest BCUT2D eigenvalue weighted by molar-refractivity contribution is 0.297. The Balaban J connectivity index is 2.25. The molecular weight excluding hydrogens is 170 g/mol. The summed E-state index contributed by atoms with van der Waals surface area (Å²) in [6, 6.07) is 0. The number of aromatic nitrogens is 1. The molecule has 0 spiro atoms. The fourth-order valence-corrected chi connectivity index (χ4v) is 1.88. The van der Waals surface area contributed by atoms with Crippen LogP contribution in [0.1, 0.15) is 42.2 Å². The molecule has 0 radical (unpaired) electrons. The summed E-state index contributed by atoms with van der Waals surface area (Å²) < 4.78 is 5.29. The summed E-state index contributed by atoms with van der Waals surface area (Å²) in [6.45, 7) is 2.08. The molecule has 2 rings (SSSR count). The fourth-order valence-electron chi connectivity index (χ4n) is 1.58. The number of nitrogens with zero attached hydrogens (tertiary/aromatic N) is 1. The molecule has 1 aliphatic rings. The maximum absolute atomic E-state index is 5.29. The molecule has 1 aromatic rings. The van der Waals surface area contributed by atoms with Crippen molar-refractivity contribution in [3.05, 3.63) is 17.0 Å². The fraction of sp³-hybridized carbons (Fsp3) is 0.667. The summed E-state index contributed by atoms with van der Waals surface area (Å²) in [7, 11) is 0. The van der Waals surface area contributed by atoms with Gasteiger partial charge in [-0.15, -0.1) is 0 Å². The maximum atomic E-state index is 5.29. The zero-order valence-corrected chi connectivity index (χ0v) is 8.10. The zero-order chi connectivity index (χ0) is 8.55. The van der Waals surface area contributed by atoms with Crippen LogP contribution in [0.3, 0.4) is 0 Å². The smallest absolute Gasteiger partial charge is 0.143 e. The molecule has 1 aliphatic carbocycles. The van der Waals surface area contributed by atoms with Crippen molar-refractivity contribution in [1.82, 2.24) is 5.16 Å². The van der Waals surface area contributed by atoms with Gasteiger partial charge in [0.05, 0.1) is 5.69 Å². The highest BCUT2D eigenvalue weighted by atomic mass is 32.1. The summed E-state index contributed by atoms with van der Waals surface area (Å²) in [5.74, 6) is 2.43. The van der Waals surface area contributed by atoms with Gasteiger partial charge < -0.3 is 4.52 Å². The Kier molecular flexibility index (Phi) is 2.13. The van der Waals surface area contributed by atoms with Crippen LogP contribution in [0.4, 0.5) is 0 Å². The lowest BCUT2D eigenvalue weighted by Crippen LogP contribution is -2.08. The van der Waals surface area contributed by atoms with Crippen molar-refractivity contribution in [2.75, 3.05) is 0 Å². The van der Waals surface area contributed by atoms with Gasteiger partial charge in [-0.05, 0) is 19.8 Å². The second-order valence-corrected chi connectivity index (χ2v) is 3.72. The maximum Gasteiger partial charge on any atom is 0.143 e. The summed E-state index contributed by atoms with van der Waals surface area (Å²) in [4.78, 5) is 0. The van der Waals surface area contributed by atoms with Gasteiger partial charge in [-0.3, -0.25) is 0 Å². The molecule has 0 atom stereocenters. The molecule has 66 valence electrons. The topological polar surface area (TPSA) is 26.0 Å². The van der Waals surface area contributed by atoms with Gasteiger partial charge in [0.2, 0.25) is 0 Å². The highest BCUT2D eigenvalue weighted by Gasteiger charge is 2.26. The van der Waals surface area contributed by atoms with Crippen molar-refractivity contribution in [1.29, 1.82) is 0 Å². The van der Waals surface area contributed by atoms with Gasteiger partial charge >= 0.3 is 0 Å². The quantitative estimate of drug-likeness (QED) is 0.713. The summed E-state index contributed by atoms with van der Waals surface area (Å²) in [6.07, 6.45) is 3.87. The molecule has 0 unspecified atom stereocenters. The third kappa shape index (κ3) is 1.16. The highest BCUT2D eigenvalue weighted by molar-refractivity contribution is 7.79. The molecule has 3 heteroatoms. The van der Waals surface area contributed by atoms with Crippen molar-refractivity contribution in [2.45, 2.75) is 37.9 Å². The Morgan fingerprint density at radius 1 is 1.58 bits per heavy atom. The number of hydrogen-bond acceptors (Lipinski definition) is 3. The molecule has 2 nitrogen and oxygen atoms in total. The van der Waals surface area contributed by atoms with E-state index in [1.165, 1.54) is 24.8 Å². The normalized spacial score (nSPS) is 17.8. The van der Waals surface area contributed by atoms with Gasteiger partial charge in [-0.1, -0.05) is 11.6 Å². The van der Waals surface area contributed by atoms with E-state index >= 15 is 0 Å². The van der Waals surface area contributed by atoms with Gasteiger partial charge in [0.1, 0.15) is 5.76 Å². The van der Waals surface area contributed by atoms with E-state index in [9.17, 15) is 0 Å². The lowest BCUT2D eigenvalue weighted by Gasteiger charge is -2.22. The first-order valence-corrected chi connectivity index (χ1v) is 5.02. The molecule has 1 fully saturated rings. The number of hydrogen-bond donors (Lipinski definition) is 1. The number of thiol groups is 1. The van der Waals surface area contributed by atoms with Crippen molar-refractivity contribution >= 4 is 12.6 Å². The second kappa shape index (κ2) is 3.13. The standard InChI is InChI=1S/C9H13NOS/c1-6-8(5-12)10-11-9(6)7-3-2-4-7/h7,12H,2-5H2,1H3. The van der Waals surface area contributed by atoms with Crippen molar-refractivity contribution in [2.24, 2.45) is 0 Å². The molecule has 0 N–H and O–H groups in total. The van der Waals surface area contributed by atoms with Crippen LogP contribution in [-0.4, -0.2) is 5.16 Å². The average molecular weight is 183 g/mol. The molecular formula is C9H13NOS. The highest BCUT2D eigenvalue weighted by Crippen LogP contribution is 2.38. The van der Waals surface area contributed by atoms with E-state index in [0.29, 0.717) is 11.7 Å². The molecule has 12 heavy (non-hydrogen) atoms. The van der Waals surface area contributed by atoms with E-state index in [0.717, 1.165) is 11.5 Å². The lowest BCUT2D eigenvalue weighted by atomic mass is 9.82. The molecule has 1 aromatic heterocycles. The summed E-state index contributed by atoms with van der Waals surface area (Å²) in [5.41, 5.74) is 2.22. The van der Waals surface area contributed by atoms with Crippen LogP contribution >= 0.6 is 12.6 Å². The van der Waals surface area contributed by atoms with E-state index in [2.05, 4.69) is 24.7 Å². The Hall–Kier alpha value is -0.440. The summed E-state index contributed by atoms with van der Waals surface area (Å²) in [5, 5.41) is 3.99. The van der Waals surface area contributed by atoms with Gasteiger partial charge in [0.15, 0.2) is 0 Å². The third-order valence-electron chi connectivity index (χ3n) is 2.68. The molecule has 0 aliphatic heterocycles. The van der Waals surface area contributed by atoms with Crippen LogP contribution in [0.2, 0.25) is 0 Å². The molecule has 1 saturated carbocycles. The van der Waals surface area contributed by atoms with Crippen molar-refractivity contribution in [3.63, 3.8) is 0 Å². The van der Waals surface area contributed by atoms with Crippen LogP contribution in [0.5, 0.6) is 0 Å². The monoisotopic (exact) mass is 183 g/mol. The van der Waals surface area contributed by atoms with E-state index in [-0.39, 0.29) is 0 Å². The van der Waals surface area contributed by atoms with Gasteiger partial charge in [0.25, 0.3) is 0 Å².